The molecule has 1 aromatic heterocycles. The van der Waals surface area contributed by atoms with Gasteiger partial charge in [-0.1, -0.05) is 48.5 Å². The maximum Gasteiger partial charge on any atom is 0.238 e. The van der Waals surface area contributed by atoms with Crippen LogP contribution in [0.5, 0.6) is 0 Å². The number of sulfonamides is 1. The molecule has 0 aliphatic rings. The summed E-state index contributed by atoms with van der Waals surface area (Å²) < 4.78 is 25.3. The predicted molar refractivity (Wildman–Crippen MR) is 85.5 cm³/mol. The van der Waals surface area contributed by atoms with Gasteiger partial charge in [0.2, 0.25) is 10.0 Å². The molecule has 0 spiro atoms. The first-order valence-electron chi connectivity index (χ1n) is 6.68. The van der Waals surface area contributed by atoms with Crippen molar-refractivity contribution in [2.24, 2.45) is 12.2 Å². The molecule has 0 saturated heterocycles. The van der Waals surface area contributed by atoms with E-state index >= 15 is 0 Å². The number of nitrogens with two attached hydrogens (primary N) is 1. The van der Waals surface area contributed by atoms with E-state index in [0.29, 0.717) is 11.3 Å². The molecule has 0 aliphatic carbocycles. The third-order valence-corrected chi connectivity index (χ3v) is 4.33. The van der Waals surface area contributed by atoms with E-state index in [2.05, 4.69) is 5.10 Å². The largest absolute Gasteiger partial charge is 0.275 e. The molecule has 3 rings (SSSR count). The Morgan fingerprint density at radius 1 is 0.955 bits per heavy atom. The van der Waals surface area contributed by atoms with Gasteiger partial charge in [0.15, 0.2) is 0 Å². The molecule has 2 aromatic carbocycles. The van der Waals surface area contributed by atoms with Crippen LogP contribution in [0, 0.1) is 0 Å². The Labute approximate surface area is 129 Å². The van der Waals surface area contributed by atoms with E-state index < -0.39 is 10.0 Å². The topological polar surface area (TPSA) is 78.0 Å². The van der Waals surface area contributed by atoms with E-state index in [1.165, 1.54) is 6.07 Å². The summed E-state index contributed by atoms with van der Waals surface area (Å²) in [6.45, 7) is 0. The summed E-state index contributed by atoms with van der Waals surface area (Å²) in [5.41, 5.74) is 2.93. The molecule has 3 aromatic rings. The van der Waals surface area contributed by atoms with Crippen molar-refractivity contribution in [2.45, 2.75) is 4.90 Å². The first-order chi connectivity index (χ1) is 10.5. The Hall–Kier alpha value is -2.44. The molecule has 0 atom stereocenters. The zero-order chi connectivity index (χ0) is 15.7. The number of primary sulfonamides is 1. The molecular weight excluding hydrogens is 298 g/mol. The molecule has 5 nitrogen and oxygen atoms in total. The number of benzene rings is 2. The molecule has 22 heavy (non-hydrogen) atoms. The molecular formula is C16H15N3O2S. The van der Waals surface area contributed by atoms with Gasteiger partial charge >= 0.3 is 0 Å². The number of hydrogen-bond donors (Lipinski definition) is 1. The average Bonchev–Trinajstić information content (AvgIpc) is 2.89. The van der Waals surface area contributed by atoms with Crippen LogP contribution in [-0.4, -0.2) is 18.2 Å². The minimum absolute atomic E-state index is 0.0749. The lowest BCUT2D eigenvalue weighted by atomic mass is 10.0. The Morgan fingerprint density at radius 3 is 2.27 bits per heavy atom. The highest BCUT2D eigenvalue weighted by molar-refractivity contribution is 7.89. The second-order valence-electron chi connectivity index (χ2n) is 4.97. The van der Waals surface area contributed by atoms with Gasteiger partial charge in [-0.2, -0.15) is 5.10 Å². The van der Waals surface area contributed by atoms with Crippen LogP contribution in [0.2, 0.25) is 0 Å². The zero-order valence-electron chi connectivity index (χ0n) is 12.0. The summed E-state index contributed by atoms with van der Waals surface area (Å²) >= 11 is 0. The molecule has 112 valence electrons. The van der Waals surface area contributed by atoms with Crippen molar-refractivity contribution >= 4 is 10.0 Å². The van der Waals surface area contributed by atoms with Crippen molar-refractivity contribution in [3.05, 3.63) is 60.8 Å². The summed E-state index contributed by atoms with van der Waals surface area (Å²) in [6.07, 6.45) is 1.87. The van der Waals surface area contributed by atoms with Crippen molar-refractivity contribution in [2.75, 3.05) is 0 Å². The Kier molecular flexibility index (Phi) is 3.56. The van der Waals surface area contributed by atoms with Gasteiger partial charge < -0.3 is 0 Å². The Bertz CT molecular complexity index is 916. The Balaban J connectivity index is 2.28. The summed E-state index contributed by atoms with van der Waals surface area (Å²) in [6, 6.07) is 16.3. The molecule has 1 heterocycles. The normalized spacial score (nSPS) is 11.5. The van der Waals surface area contributed by atoms with Crippen LogP contribution in [0.4, 0.5) is 0 Å². The minimum atomic E-state index is -3.82. The van der Waals surface area contributed by atoms with Crippen LogP contribution < -0.4 is 5.14 Å². The lowest BCUT2D eigenvalue weighted by Crippen LogP contribution is -2.13. The standard InChI is InChI=1S/C16H15N3O2S/c1-19-11-14(12-7-3-2-4-8-12)16(18-19)13-9-5-6-10-15(13)22(17,20)21/h2-11H,1H3,(H2,17,20,21). The molecule has 0 saturated carbocycles. The number of aromatic nitrogens is 2. The third kappa shape index (κ3) is 2.66. The van der Waals surface area contributed by atoms with Crippen LogP contribution in [0.25, 0.3) is 22.4 Å². The third-order valence-electron chi connectivity index (χ3n) is 3.36. The van der Waals surface area contributed by atoms with Crippen LogP contribution in [0.15, 0.2) is 65.7 Å². The quantitative estimate of drug-likeness (QED) is 0.806. The Morgan fingerprint density at radius 2 is 1.59 bits per heavy atom. The lowest BCUT2D eigenvalue weighted by molar-refractivity contribution is 0.598. The maximum absolute atomic E-state index is 11.8. The monoisotopic (exact) mass is 313 g/mol. The smallest absolute Gasteiger partial charge is 0.238 e. The van der Waals surface area contributed by atoms with Gasteiger partial charge in [0.25, 0.3) is 0 Å². The second kappa shape index (κ2) is 5.40. The van der Waals surface area contributed by atoms with Crippen molar-refractivity contribution in [3.63, 3.8) is 0 Å². The fourth-order valence-corrected chi connectivity index (χ4v) is 3.17. The van der Waals surface area contributed by atoms with E-state index in [9.17, 15) is 8.42 Å². The second-order valence-corrected chi connectivity index (χ2v) is 6.50. The highest BCUT2D eigenvalue weighted by Crippen LogP contribution is 2.33. The van der Waals surface area contributed by atoms with E-state index in [0.717, 1.165) is 11.1 Å². The minimum Gasteiger partial charge on any atom is -0.275 e. The van der Waals surface area contributed by atoms with E-state index in [4.69, 9.17) is 5.14 Å². The van der Waals surface area contributed by atoms with Crippen LogP contribution in [-0.2, 0) is 17.1 Å². The van der Waals surface area contributed by atoms with Gasteiger partial charge in [-0.3, -0.25) is 4.68 Å². The molecule has 0 aliphatic heterocycles. The van der Waals surface area contributed by atoms with Crippen molar-refractivity contribution in [1.29, 1.82) is 0 Å². The molecule has 0 bridgehead atoms. The zero-order valence-corrected chi connectivity index (χ0v) is 12.8. The summed E-state index contributed by atoms with van der Waals surface area (Å²) in [5, 5.41) is 9.76. The molecule has 6 heteroatoms. The molecule has 0 fully saturated rings. The molecule has 0 amide bonds. The van der Waals surface area contributed by atoms with Gasteiger partial charge in [-0.15, -0.1) is 0 Å². The van der Waals surface area contributed by atoms with Gasteiger partial charge in [-0.25, -0.2) is 13.6 Å². The van der Waals surface area contributed by atoms with Crippen molar-refractivity contribution in [3.8, 4) is 22.4 Å². The SMILES string of the molecule is Cn1cc(-c2ccccc2)c(-c2ccccc2S(N)(=O)=O)n1. The fraction of sp³-hybridized carbons (Fsp3) is 0.0625. The summed E-state index contributed by atoms with van der Waals surface area (Å²) in [4.78, 5) is 0.0749. The highest BCUT2D eigenvalue weighted by Gasteiger charge is 2.20. The van der Waals surface area contributed by atoms with Gasteiger partial charge in [0.1, 0.15) is 5.69 Å². The predicted octanol–water partition coefficient (Wildman–Crippen LogP) is 2.40. The molecule has 0 unspecified atom stereocenters. The first-order valence-corrected chi connectivity index (χ1v) is 8.23. The first kappa shape index (κ1) is 14.5. The lowest BCUT2D eigenvalue weighted by Gasteiger charge is -2.07. The van der Waals surface area contributed by atoms with Crippen LogP contribution in [0.1, 0.15) is 0 Å². The van der Waals surface area contributed by atoms with E-state index in [1.54, 1.807) is 29.9 Å². The highest BCUT2D eigenvalue weighted by atomic mass is 32.2. The van der Waals surface area contributed by atoms with Crippen molar-refractivity contribution < 1.29 is 8.42 Å². The van der Waals surface area contributed by atoms with Crippen LogP contribution in [0.3, 0.4) is 0 Å². The van der Waals surface area contributed by atoms with Crippen molar-refractivity contribution in [1.82, 2.24) is 9.78 Å². The number of rotatable bonds is 3. The molecule has 2 N–H and O–H groups in total. The van der Waals surface area contributed by atoms with E-state index in [-0.39, 0.29) is 4.90 Å². The van der Waals surface area contributed by atoms with E-state index in [1.807, 2.05) is 36.5 Å². The van der Waals surface area contributed by atoms with Gasteiger partial charge in [0, 0.05) is 24.4 Å². The fourth-order valence-electron chi connectivity index (χ4n) is 2.43. The summed E-state index contributed by atoms with van der Waals surface area (Å²) in [5.74, 6) is 0. The number of hydrogen-bond acceptors (Lipinski definition) is 3. The maximum atomic E-state index is 11.8. The number of aryl methyl sites for hydroxylation is 1. The van der Waals surface area contributed by atoms with Gasteiger partial charge in [-0.05, 0) is 11.6 Å². The summed E-state index contributed by atoms with van der Waals surface area (Å²) in [7, 11) is -2.02. The number of nitrogens with zero attached hydrogens (tertiary/aromatic N) is 2. The molecule has 0 radical (unpaired) electrons. The average molecular weight is 313 g/mol. The van der Waals surface area contributed by atoms with Gasteiger partial charge in [0.05, 0.1) is 4.90 Å². The van der Waals surface area contributed by atoms with Crippen LogP contribution >= 0.6 is 0 Å².